The molecule has 1 aromatic heterocycles. The molecule has 3 N–H and O–H groups in total. The summed E-state index contributed by atoms with van der Waals surface area (Å²) < 4.78 is 25.7. The summed E-state index contributed by atoms with van der Waals surface area (Å²) in [4.78, 5) is 27.5. The average Bonchev–Trinajstić information content (AvgIpc) is 3.16. The first-order chi connectivity index (χ1) is 12.4. The van der Waals surface area contributed by atoms with Crippen molar-refractivity contribution in [1.29, 1.82) is 0 Å². The smallest absolute Gasteiger partial charge is 0.252 e. The van der Waals surface area contributed by atoms with Gasteiger partial charge in [0.2, 0.25) is 11.8 Å². The standard InChI is InChI=1S/C18H18FN3O4/c1-7-11-10(22-17(24)12(7)11)6-26-18-13-8(3-4-21-18)5-9(16(20)23)15(25-2)14(13)19/h3-5,7,10-12H,6H2,1-2H3,(H2,20,23)(H,22,24)/t7?,10-,11-,12-/m1/s1. The van der Waals surface area contributed by atoms with E-state index < -0.39 is 11.7 Å². The Morgan fingerprint density at radius 3 is 2.85 bits per heavy atom. The van der Waals surface area contributed by atoms with Gasteiger partial charge in [0, 0.05) is 12.1 Å². The zero-order valence-corrected chi connectivity index (χ0v) is 14.3. The number of hydrogen-bond donors (Lipinski definition) is 2. The number of piperidine rings is 1. The molecule has 1 aliphatic heterocycles. The van der Waals surface area contributed by atoms with Crippen LogP contribution in [0.25, 0.3) is 10.8 Å². The Bertz CT molecular complexity index is 932. The molecule has 2 aliphatic rings. The van der Waals surface area contributed by atoms with Crippen LogP contribution < -0.4 is 20.5 Å². The number of methoxy groups -OCH3 is 1. The minimum atomic E-state index is -0.788. The normalized spacial score (nSPS) is 26.3. The average molecular weight is 359 g/mol. The minimum absolute atomic E-state index is 0.0425. The van der Waals surface area contributed by atoms with Gasteiger partial charge < -0.3 is 20.5 Å². The minimum Gasteiger partial charge on any atom is -0.493 e. The number of nitrogens with one attached hydrogen (secondary N) is 1. The lowest BCUT2D eigenvalue weighted by Crippen LogP contribution is -2.36. The Hall–Kier alpha value is -2.90. The molecule has 26 heavy (non-hydrogen) atoms. The second-order valence-corrected chi connectivity index (χ2v) is 6.74. The number of carbonyl (C=O) groups excluding carboxylic acids is 2. The predicted molar refractivity (Wildman–Crippen MR) is 90.3 cm³/mol. The van der Waals surface area contributed by atoms with Crippen LogP contribution in [0.5, 0.6) is 11.6 Å². The van der Waals surface area contributed by atoms with Gasteiger partial charge in [0.25, 0.3) is 5.91 Å². The first-order valence-electron chi connectivity index (χ1n) is 8.32. The van der Waals surface area contributed by atoms with Gasteiger partial charge in [0.15, 0.2) is 11.6 Å². The van der Waals surface area contributed by atoms with Gasteiger partial charge in [0.1, 0.15) is 6.61 Å². The summed E-state index contributed by atoms with van der Waals surface area (Å²) >= 11 is 0. The molecule has 4 rings (SSSR count). The van der Waals surface area contributed by atoms with Crippen LogP contribution in [0.4, 0.5) is 4.39 Å². The molecule has 2 heterocycles. The lowest BCUT2D eigenvalue weighted by Gasteiger charge is -2.17. The van der Waals surface area contributed by atoms with E-state index in [1.807, 2.05) is 6.92 Å². The van der Waals surface area contributed by atoms with Crippen molar-refractivity contribution in [3.8, 4) is 11.6 Å². The molecule has 136 valence electrons. The topological polar surface area (TPSA) is 104 Å². The number of hydrogen-bond acceptors (Lipinski definition) is 5. The number of aromatic nitrogens is 1. The van der Waals surface area contributed by atoms with Gasteiger partial charge in [-0.2, -0.15) is 0 Å². The molecule has 1 saturated heterocycles. The van der Waals surface area contributed by atoms with Crippen LogP contribution in [0.15, 0.2) is 18.3 Å². The van der Waals surface area contributed by atoms with E-state index in [4.69, 9.17) is 15.2 Å². The third-order valence-corrected chi connectivity index (χ3v) is 5.32. The van der Waals surface area contributed by atoms with E-state index in [9.17, 15) is 14.0 Å². The van der Waals surface area contributed by atoms with Crippen molar-refractivity contribution in [2.75, 3.05) is 13.7 Å². The summed E-state index contributed by atoms with van der Waals surface area (Å²) in [6.07, 6.45) is 1.46. The molecule has 2 amide bonds. The lowest BCUT2D eigenvalue weighted by molar-refractivity contribution is -0.121. The van der Waals surface area contributed by atoms with E-state index in [1.54, 1.807) is 6.07 Å². The van der Waals surface area contributed by atoms with Crippen LogP contribution in [0.1, 0.15) is 17.3 Å². The van der Waals surface area contributed by atoms with E-state index in [2.05, 4.69) is 10.3 Å². The van der Waals surface area contributed by atoms with Crippen molar-refractivity contribution >= 4 is 22.6 Å². The molecule has 4 atom stereocenters. The Kier molecular flexibility index (Phi) is 3.71. The van der Waals surface area contributed by atoms with Crippen molar-refractivity contribution in [2.24, 2.45) is 23.5 Å². The van der Waals surface area contributed by atoms with Crippen LogP contribution in [-0.2, 0) is 4.79 Å². The first kappa shape index (κ1) is 16.6. The Balaban J connectivity index is 1.67. The molecule has 8 heteroatoms. The largest absolute Gasteiger partial charge is 0.493 e. The van der Waals surface area contributed by atoms with E-state index >= 15 is 0 Å². The van der Waals surface area contributed by atoms with Crippen LogP contribution >= 0.6 is 0 Å². The Labute approximate surface area is 148 Å². The van der Waals surface area contributed by atoms with Gasteiger partial charge in [0.05, 0.1) is 24.1 Å². The van der Waals surface area contributed by atoms with Gasteiger partial charge >= 0.3 is 0 Å². The molecule has 0 bridgehead atoms. The van der Waals surface area contributed by atoms with Gasteiger partial charge in [-0.05, 0) is 29.4 Å². The second-order valence-electron chi connectivity index (χ2n) is 6.74. The predicted octanol–water partition coefficient (Wildman–Crippen LogP) is 1.24. The van der Waals surface area contributed by atoms with E-state index in [-0.39, 0.29) is 53.0 Å². The fourth-order valence-electron chi connectivity index (χ4n) is 3.96. The van der Waals surface area contributed by atoms with Gasteiger partial charge in [-0.1, -0.05) is 6.92 Å². The maximum atomic E-state index is 14.9. The summed E-state index contributed by atoms with van der Waals surface area (Å²) in [6, 6.07) is 2.90. The SMILES string of the molecule is COc1c(C(N)=O)cc2ccnc(OC[C@H]3NC(=O)[C@@H]4C(C)[C@@H]43)c2c1F. The summed E-state index contributed by atoms with van der Waals surface area (Å²) in [5, 5.41) is 3.43. The monoisotopic (exact) mass is 359 g/mol. The number of amides is 2. The number of ether oxygens (including phenoxy) is 2. The zero-order chi connectivity index (χ0) is 18.6. The van der Waals surface area contributed by atoms with Crippen LogP contribution in [0, 0.1) is 23.6 Å². The molecule has 1 unspecified atom stereocenters. The lowest BCUT2D eigenvalue weighted by atomic mass is 10.1. The number of rotatable bonds is 5. The summed E-state index contributed by atoms with van der Waals surface area (Å²) in [5.74, 6) is -1.02. The van der Waals surface area contributed by atoms with Crippen molar-refractivity contribution < 1.29 is 23.5 Å². The maximum Gasteiger partial charge on any atom is 0.252 e. The number of fused-ring (bicyclic) bond motifs is 2. The molecule has 1 saturated carbocycles. The molecule has 7 nitrogen and oxygen atoms in total. The third-order valence-electron chi connectivity index (χ3n) is 5.32. The van der Waals surface area contributed by atoms with E-state index in [1.165, 1.54) is 19.4 Å². The van der Waals surface area contributed by atoms with E-state index in [0.29, 0.717) is 11.3 Å². The summed E-state index contributed by atoms with van der Waals surface area (Å²) in [5.41, 5.74) is 5.25. The molecule has 1 aliphatic carbocycles. The number of carbonyl (C=O) groups is 2. The van der Waals surface area contributed by atoms with Crippen LogP contribution in [-0.4, -0.2) is 36.6 Å². The number of benzene rings is 1. The maximum absolute atomic E-state index is 14.9. The quantitative estimate of drug-likeness (QED) is 0.836. The molecule has 2 aromatic rings. The Morgan fingerprint density at radius 2 is 2.23 bits per heavy atom. The van der Waals surface area contributed by atoms with Crippen LogP contribution in [0.3, 0.4) is 0 Å². The molecular formula is C18H18FN3O4. The van der Waals surface area contributed by atoms with Gasteiger partial charge in [-0.25, -0.2) is 9.37 Å². The Morgan fingerprint density at radius 1 is 1.46 bits per heavy atom. The molecule has 0 spiro atoms. The van der Waals surface area contributed by atoms with Crippen molar-refractivity contribution in [1.82, 2.24) is 10.3 Å². The van der Waals surface area contributed by atoms with Crippen LogP contribution in [0.2, 0.25) is 0 Å². The number of halogens is 1. The first-order valence-corrected chi connectivity index (χ1v) is 8.32. The third kappa shape index (κ3) is 2.36. The molecule has 2 fully saturated rings. The highest BCUT2D eigenvalue weighted by atomic mass is 19.1. The fraction of sp³-hybridized carbons (Fsp3) is 0.389. The highest BCUT2D eigenvalue weighted by Gasteiger charge is 2.61. The van der Waals surface area contributed by atoms with E-state index in [0.717, 1.165) is 0 Å². The molecule has 1 aromatic carbocycles. The summed E-state index contributed by atoms with van der Waals surface area (Å²) in [6.45, 7) is 2.23. The number of primary amides is 1. The van der Waals surface area contributed by atoms with Crippen molar-refractivity contribution in [3.63, 3.8) is 0 Å². The summed E-state index contributed by atoms with van der Waals surface area (Å²) in [7, 11) is 1.26. The highest BCUT2D eigenvalue weighted by Crippen LogP contribution is 2.52. The van der Waals surface area contributed by atoms with Crippen molar-refractivity contribution in [2.45, 2.75) is 13.0 Å². The van der Waals surface area contributed by atoms with Gasteiger partial charge in [-0.3, -0.25) is 9.59 Å². The fourth-order valence-corrected chi connectivity index (χ4v) is 3.96. The van der Waals surface area contributed by atoms with Gasteiger partial charge in [-0.15, -0.1) is 0 Å². The number of pyridine rings is 1. The number of nitrogens with zero attached hydrogens (tertiary/aromatic N) is 1. The second kappa shape index (κ2) is 5.82. The zero-order valence-electron chi connectivity index (χ0n) is 14.3. The van der Waals surface area contributed by atoms with Crippen molar-refractivity contribution in [3.05, 3.63) is 29.7 Å². The highest BCUT2D eigenvalue weighted by molar-refractivity contribution is 6.02. The molecule has 0 radical (unpaired) electrons. The number of nitrogens with two attached hydrogens (primary N) is 1. The molecular weight excluding hydrogens is 341 g/mol.